The molecule has 1 aromatic heterocycles. The maximum atomic E-state index is 9.67. The number of hydrogen-bond donors (Lipinski definition) is 1. The summed E-state index contributed by atoms with van der Waals surface area (Å²) in [6.45, 7) is 0. The van der Waals surface area contributed by atoms with Crippen molar-refractivity contribution >= 4 is 6.08 Å². The lowest BCUT2D eigenvalue weighted by Gasteiger charge is -2.43. The van der Waals surface area contributed by atoms with Crippen LogP contribution in [0.5, 0.6) is 0 Å². The summed E-state index contributed by atoms with van der Waals surface area (Å²) >= 11 is 0. The molecule has 0 aliphatic heterocycles. The third-order valence-electron chi connectivity index (χ3n) is 5.35. The summed E-state index contributed by atoms with van der Waals surface area (Å²) in [5.41, 5.74) is 1.77. The van der Waals surface area contributed by atoms with E-state index in [1.165, 1.54) is 44.1 Å². The van der Waals surface area contributed by atoms with Gasteiger partial charge < -0.3 is 5.11 Å². The van der Waals surface area contributed by atoms with E-state index in [1.807, 2.05) is 18.5 Å². The summed E-state index contributed by atoms with van der Waals surface area (Å²) in [7, 11) is 0. The first-order valence-corrected chi connectivity index (χ1v) is 8.02. The van der Waals surface area contributed by atoms with Gasteiger partial charge in [0.1, 0.15) is 0 Å². The van der Waals surface area contributed by atoms with Crippen LogP contribution in [-0.2, 0) is 0 Å². The van der Waals surface area contributed by atoms with E-state index in [-0.39, 0.29) is 6.10 Å². The third-order valence-corrected chi connectivity index (χ3v) is 5.35. The van der Waals surface area contributed by atoms with Crippen LogP contribution in [0.4, 0.5) is 0 Å². The minimum Gasteiger partial charge on any atom is -0.393 e. The molecule has 3 rings (SSSR count). The van der Waals surface area contributed by atoms with Crippen LogP contribution in [0.15, 0.2) is 30.6 Å². The molecule has 2 aliphatic rings. The normalized spacial score (nSPS) is 34.6. The van der Waals surface area contributed by atoms with Crippen molar-refractivity contribution in [1.29, 1.82) is 0 Å². The Balaban J connectivity index is 1.53. The number of aliphatic hydroxyl groups is 1. The van der Waals surface area contributed by atoms with E-state index >= 15 is 0 Å². The van der Waals surface area contributed by atoms with Gasteiger partial charge in [-0.05, 0) is 74.3 Å². The van der Waals surface area contributed by atoms with Crippen molar-refractivity contribution in [3.63, 3.8) is 0 Å². The number of aliphatic hydroxyl groups excluding tert-OH is 1. The zero-order valence-corrected chi connectivity index (χ0v) is 12.2. The average Bonchev–Trinajstić information content (AvgIpc) is 2.51. The van der Waals surface area contributed by atoms with Crippen molar-refractivity contribution < 1.29 is 5.11 Å². The smallest absolute Gasteiger partial charge is 0.0540 e. The molecule has 1 heterocycles. The maximum Gasteiger partial charge on any atom is 0.0540 e. The molecule has 0 radical (unpaired) electrons. The van der Waals surface area contributed by atoms with E-state index < -0.39 is 0 Å². The van der Waals surface area contributed by atoms with E-state index in [9.17, 15) is 5.11 Å². The number of hydrogen-bond acceptors (Lipinski definition) is 2. The zero-order valence-electron chi connectivity index (χ0n) is 12.2. The Bertz CT molecular complexity index is 436. The van der Waals surface area contributed by atoms with Gasteiger partial charge in [0, 0.05) is 12.4 Å². The van der Waals surface area contributed by atoms with Gasteiger partial charge in [-0.15, -0.1) is 0 Å². The summed E-state index contributed by atoms with van der Waals surface area (Å²) in [5, 5.41) is 9.67. The van der Waals surface area contributed by atoms with Crippen LogP contribution in [-0.4, -0.2) is 16.2 Å². The summed E-state index contributed by atoms with van der Waals surface area (Å²) in [6, 6.07) is 4.10. The lowest BCUT2D eigenvalue weighted by atomic mass is 9.63. The van der Waals surface area contributed by atoms with Crippen molar-refractivity contribution in [3.05, 3.63) is 36.2 Å². The second kappa shape index (κ2) is 6.09. The Kier molecular flexibility index (Phi) is 4.21. The van der Waals surface area contributed by atoms with Crippen molar-refractivity contribution in [1.82, 2.24) is 4.98 Å². The predicted octanol–water partition coefficient (Wildman–Crippen LogP) is 4.21. The van der Waals surface area contributed by atoms with E-state index in [0.717, 1.165) is 18.8 Å². The molecule has 0 bridgehead atoms. The van der Waals surface area contributed by atoms with Crippen LogP contribution in [0.3, 0.4) is 0 Å². The predicted molar refractivity (Wildman–Crippen MR) is 82.1 cm³/mol. The van der Waals surface area contributed by atoms with Crippen molar-refractivity contribution in [2.75, 3.05) is 0 Å². The van der Waals surface area contributed by atoms with Gasteiger partial charge in [0.25, 0.3) is 0 Å². The first-order valence-electron chi connectivity index (χ1n) is 8.02. The van der Waals surface area contributed by atoms with Gasteiger partial charge in [0.2, 0.25) is 0 Å². The fraction of sp³-hybridized carbons (Fsp3) is 0.611. The summed E-state index contributed by atoms with van der Waals surface area (Å²) < 4.78 is 0. The molecule has 2 fully saturated rings. The van der Waals surface area contributed by atoms with Gasteiger partial charge in [0.05, 0.1) is 6.10 Å². The molecular weight excluding hydrogens is 246 g/mol. The van der Waals surface area contributed by atoms with Gasteiger partial charge in [0.15, 0.2) is 0 Å². The monoisotopic (exact) mass is 271 g/mol. The highest BCUT2D eigenvalue weighted by molar-refractivity contribution is 5.47. The highest BCUT2D eigenvalue weighted by Gasteiger charge is 2.37. The second-order valence-electron chi connectivity index (χ2n) is 6.71. The molecule has 0 amide bonds. The van der Waals surface area contributed by atoms with Crippen LogP contribution in [0.25, 0.3) is 6.08 Å². The molecule has 2 saturated carbocycles. The molecule has 0 aromatic carbocycles. The van der Waals surface area contributed by atoms with E-state index in [0.29, 0.717) is 5.41 Å². The Morgan fingerprint density at radius 1 is 1.10 bits per heavy atom. The molecule has 0 saturated heterocycles. The minimum atomic E-state index is -0.0242. The molecule has 0 atom stereocenters. The Morgan fingerprint density at radius 3 is 2.45 bits per heavy atom. The Morgan fingerprint density at radius 2 is 1.80 bits per heavy atom. The zero-order chi connectivity index (χ0) is 13.8. The van der Waals surface area contributed by atoms with Gasteiger partial charge >= 0.3 is 0 Å². The number of rotatable bonds is 2. The number of allylic oxidation sites excluding steroid dienone is 1. The van der Waals surface area contributed by atoms with E-state index in [2.05, 4.69) is 23.2 Å². The lowest BCUT2D eigenvalue weighted by Crippen LogP contribution is -2.33. The fourth-order valence-electron chi connectivity index (χ4n) is 3.88. The number of nitrogens with zero attached hydrogens (tertiary/aromatic N) is 1. The average molecular weight is 271 g/mol. The standard InChI is InChI=1S/C18H25NO/c20-17-7-11-18(12-8-17)9-5-15(6-10-18)3-4-16-2-1-13-19-14-16/h1-4,13-15,17,20H,5-12H2. The SMILES string of the molecule is OC1CCC2(CC1)CCC(C=Cc1cccnc1)CC2. The van der Waals surface area contributed by atoms with Crippen LogP contribution >= 0.6 is 0 Å². The topological polar surface area (TPSA) is 33.1 Å². The summed E-state index contributed by atoms with van der Waals surface area (Å²) in [6.07, 6.45) is 18.2. The van der Waals surface area contributed by atoms with Crippen LogP contribution in [0.2, 0.25) is 0 Å². The third kappa shape index (κ3) is 3.29. The Hall–Kier alpha value is -1.15. The molecule has 2 aliphatic carbocycles. The number of pyridine rings is 1. The molecule has 0 unspecified atom stereocenters. The second-order valence-corrected chi connectivity index (χ2v) is 6.71. The molecule has 2 heteroatoms. The first kappa shape index (κ1) is 13.8. The van der Waals surface area contributed by atoms with E-state index in [1.54, 1.807) is 0 Å². The molecule has 20 heavy (non-hydrogen) atoms. The molecule has 108 valence electrons. The fourth-order valence-corrected chi connectivity index (χ4v) is 3.88. The molecular formula is C18H25NO. The summed E-state index contributed by atoms with van der Waals surface area (Å²) in [4.78, 5) is 4.15. The summed E-state index contributed by atoms with van der Waals surface area (Å²) in [5.74, 6) is 0.729. The maximum absolute atomic E-state index is 9.67. The van der Waals surface area contributed by atoms with Crippen molar-refractivity contribution in [2.24, 2.45) is 11.3 Å². The molecule has 1 spiro atoms. The highest BCUT2D eigenvalue weighted by Crippen LogP contribution is 2.49. The Labute approximate surface area is 121 Å². The molecule has 2 nitrogen and oxygen atoms in total. The lowest BCUT2D eigenvalue weighted by molar-refractivity contribution is 0.0336. The van der Waals surface area contributed by atoms with Gasteiger partial charge in [-0.1, -0.05) is 18.2 Å². The van der Waals surface area contributed by atoms with Gasteiger partial charge in [-0.2, -0.15) is 0 Å². The largest absolute Gasteiger partial charge is 0.393 e. The molecule has 1 N–H and O–H groups in total. The highest BCUT2D eigenvalue weighted by atomic mass is 16.3. The minimum absolute atomic E-state index is 0.0242. The van der Waals surface area contributed by atoms with E-state index in [4.69, 9.17) is 0 Å². The molecule has 1 aromatic rings. The van der Waals surface area contributed by atoms with Crippen LogP contribution in [0, 0.1) is 11.3 Å². The first-order chi connectivity index (χ1) is 9.76. The quantitative estimate of drug-likeness (QED) is 0.874. The van der Waals surface area contributed by atoms with Gasteiger partial charge in [-0.25, -0.2) is 0 Å². The van der Waals surface area contributed by atoms with Crippen molar-refractivity contribution in [3.8, 4) is 0 Å². The van der Waals surface area contributed by atoms with Crippen LogP contribution < -0.4 is 0 Å². The van der Waals surface area contributed by atoms with Gasteiger partial charge in [-0.3, -0.25) is 4.98 Å². The van der Waals surface area contributed by atoms with Crippen LogP contribution in [0.1, 0.15) is 56.9 Å². The van der Waals surface area contributed by atoms with Crippen molar-refractivity contribution in [2.45, 2.75) is 57.5 Å². The number of aromatic nitrogens is 1.